The van der Waals surface area contributed by atoms with E-state index in [0.717, 1.165) is 10.5 Å². The van der Waals surface area contributed by atoms with E-state index >= 15 is 0 Å². The van der Waals surface area contributed by atoms with Crippen molar-refractivity contribution in [3.05, 3.63) is 53.6 Å². The number of carbonyl (C=O) groups excluding carboxylic acids is 2. The van der Waals surface area contributed by atoms with Crippen LogP contribution in [0.3, 0.4) is 0 Å². The molecule has 0 saturated heterocycles. The Labute approximate surface area is 138 Å². The van der Waals surface area contributed by atoms with Crippen molar-refractivity contribution >= 4 is 29.3 Å². The summed E-state index contributed by atoms with van der Waals surface area (Å²) in [5.41, 5.74) is 1.91. The molecule has 0 unspecified atom stereocenters. The quantitative estimate of drug-likeness (QED) is 0.873. The van der Waals surface area contributed by atoms with Crippen molar-refractivity contribution < 1.29 is 19.1 Å². The highest BCUT2D eigenvalue weighted by atomic mass is 32.2. The Balaban J connectivity index is 1.68. The summed E-state index contributed by atoms with van der Waals surface area (Å²) in [5, 5.41) is 2.76. The van der Waals surface area contributed by atoms with Crippen molar-refractivity contribution in [3.63, 3.8) is 0 Å². The molecule has 2 aromatic rings. The maximum Gasteiger partial charge on any atom is 0.338 e. The van der Waals surface area contributed by atoms with Gasteiger partial charge in [-0.2, -0.15) is 0 Å². The van der Waals surface area contributed by atoms with Crippen LogP contribution < -0.4 is 10.1 Å². The normalized spacial score (nSPS) is 13.0. The number of nitrogens with one attached hydrogen (secondary N) is 1. The molecule has 0 bridgehead atoms. The summed E-state index contributed by atoms with van der Waals surface area (Å²) in [7, 11) is 1.59. The summed E-state index contributed by atoms with van der Waals surface area (Å²) in [4.78, 5) is 24.5. The zero-order valence-electron chi connectivity index (χ0n) is 12.5. The molecule has 1 amide bonds. The second kappa shape index (κ2) is 6.75. The smallest absolute Gasteiger partial charge is 0.338 e. The first-order valence-electron chi connectivity index (χ1n) is 7.02. The minimum atomic E-state index is -0.430. The van der Waals surface area contributed by atoms with Gasteiger partial charge in [0.25, 0.3) is 0 Å². The number of carbonyl (C=O) groups is 2. The number of rotatable bonds is 4. The molecule has 2 aromatic carbocycles. The van der Waals surface area contributed by atoms with Gasteiger partial charge in [-0.15, -0.1) is 11.8 Å². The predicted octanol–water partition coefficient (Wildman–Crippen LogP) is 3.10. The fraction of sp³-hybridized carbons (Fsp3) is 0.176. The topological polar surface area (TPSA) is 64.6 Å². The molecule has 0 fully saturated rings. The molecular weight excluding hydrogens is 314 g/mol. The van der Waals surface area contributed by atoms with E-state index in [9.17, 15) is 9.59 Å². The maximum absolute atomic E-state index is 12.2. The number of ether oxygens (including phenoxy) is 2. The van der Waals surface area contributed by atoms with Crippen molar-refractivity contribution in [1.82, 2.24) is 0 Å². The zero-order chi connectivity index (χ0) is 16.2. The second-order valence-corrected chi connectivity index (χ2v) is 5.99. The summed E-state index contributed by atoms with van der Waals surface area (Å²) in [6, 6.07) is 12.5. The van der Waals surface area contributed by atoms with Gasteiger partial charge in [0, 0.05) is 4.90 Å². The number of benzene rings is 2. The maximum atomic E-state index is 12.2. The Bertz CT molecular complexity index is 760. The lowest BCUT2D eigenvalue weighted by Crippen LogP contribution is -2.19. The Morgan fingerprint density at radius 2 is 2.13 bits per heavy atom. The van der Waals surface area contributed by atoms with E-state index in [-0.39, 0.29) is 12.5 Å². The SMILES string of the molecule is COc1cccc(COC(=O)c2ccc3c(c2)NC(=O)CS3)c1. The number of hydrogen-bond acceptors (Lipinski definition) is 5. The van der Waals surface area contributed by atoms with Crippen LogP contribution in [-0.2, 0) is 16.1 Å². The van der Waals surface area contributed by atoms with Gasteiger partial charge in [-0.25, -0.2) is 4.79 Å². The molecule has 0 spiro atoms. The van der Waals surface area contributed by atoms with E-state index in [2.05, 4.69) is 5.32 Å². The molecule has 1 heterocycles. The molecular formula is C17H15NO4S. The number of fused-ring (bicyclic) bond motifs is 1. The van der Waals surface area contributed by atoms with Crippen molar-refractivity contribution in [2.75, 3.05) is 18.2 Å². The first-order valence-corrected chi connectivity index (χ1v) is 8.01. The van der Waals surface area contributed by atoms with E-state index in [1.54, 1.807) is 19.2 Å². The van der Waals surface area contributed by atoms with Gasteiger partial charge >= 0.3 is 5.97 Å². The molecule has 0 saturated carbocycles. The molecule has 1 aliphatic heterocycles. The van der Waals surface area contributed by atoms with Crippen LogP contribution in [0.4, 0.5) is 5.69 Å². The first kappa shape index (κ1) is 15.4. The zero-order valence-corrected chi connectivity index (χ0v) is 13.3. The monoisotopic (exact) mass is 329 g/mol. The average Bonchev–Trinajstić information content (AvgIpc) is 2.59. The van der Waals surface area contributed by atoms with Crippen LogP contribution in [0.5, 0.6) is 5.75 Å². The fourth-order valence-corrected chi connectivity index (χ4v) is 2.99. The summed E-state index contributed by atoms with van der Waals surface area (Å²) >= 11 is 1.45. The third kappa shape index (κ3) is 3.65. The van der Waals surface area contributed by atoms with Gasteiger partial charge in [-0.1, -0.05) is 12.1 Å². The third-order valence-electron chi connectivity index (χ3n) is 3.35. The van der Waals surface area contributed by atoms with Gasteiger partial charge in [0.05, 0.1) is 24.1 Å². The molecule has 118 valence electrons. The van der Waals surface area contributed by atoms with Crippen molar-refractivity contribution in [3.8, 4) is 5.75 Å². The Morgan fingerprint density at radius 3 is 2.96 bits per heavy atom. The van der Waals surface area contributed by atoms with E-state index in [1.807, 2.05) is 30.3 Å². The van der Waals surface area contributed by atoms with Gasteiger partial charge in [-0.3, -0.25) is 4.79 Å². The van der Waals surface area contributed by atoms with Crippen LogP contribution in [0.1, 0.15) is 15.9 Å². The van der Waals surface area contributed by atoms with Crippen molar-refractivity contribution in [2.45, 2.75) is 11.5 Å². The standard InChI is InChI=1S/C17H15NO4S/c1-21-13-4-2-3-11(7-13)9-22-17(20)12-5-6-15-14(8-12)18-16(19)10-23-15/h2-8H,9-10H2,1H3,(H,18,19). The molecule has 1 aliphatic rings. The number of amides is 1. The van der Waals surface area contributed by atoms with Crippen molar-refractivity contribution in [2.24, 2.45) is 0 Å². The summed E-state index contributed by atoms with van der Waals surface area (Å²) in [5.74, 6) is 0.615. The minimum Gasteiger partial charge on any atom is -0.497 e. The minimum absolute atomic E-state index is 0.0654. The molecule has 0 aliphatic carbocycles. The predicted molar refractivity (Wildman–Crippen MR) is 87.9 cm³/mol. The second-order valence-electron chi connectivity index (χ2n) is 4.98. The third-order valence-corrected chi connectivity index (χ3v) is 4.43. The Morgan fingerprint density at radius 1 is 1.26 bits per heavy atom. The lowest BCUT2D eigenvalue weighted by molar-refractivity contribution is -0.113. The number of esters is 1. The van der Waals surface area contributed by atoms with E-state index < -0.39 is 5.97 Å². The molecule has 3 rings (SSSR count). The molecule has 5 nitrogen and oxygen atoms in total. The Hall–Kier alpha value is -2.47. The van der Waals surface area contributed by atoms with Gasteiger partial charge < -0.3 is 14.8 Å². The van der Waals surface area contributed by atoms with Gasteiger partial charge in [0.2, 0.25) is 5.91 Å². The van der Waals surface area contributed by atoms with Crippen LogP contribution >= 0.6 is 11.8 Å². The summed E-state index contributed by atoms with van der Waals surface area (Å²) < 4.78 is 10.5. The molecule has 23 heavy (non-hydrogen) atoms. The lowest BCUT2D eigenvalue weighted by Gasteiger charge is -2.16. The van der Waals surface area contributed by atoms with E-state index in [4.69, 9.17) is 9.47 Å². The van der Waals surface area contributed by atoms with E-state index in [0.29, 0.717) is 22.8 Å². The highest BCUT2D eigenvalue weighted by Crippen LogP contribution is 2.32. The van der Waals surface area contributed by atoms with E-state index in [1.165, 1.54) is 11.8 Å². The van der Waals surface area contributed by atoms with Crippen LogP contribution in [0.2, 0.25) is 0 Å². The van der Waals surface area contributed by atoms with Crippen molar-refractivity contribution in [1.29, 1.82) is 0 Å². The molecule has 0 aromatic heterocycles. The van der Waals surface area contributed by atoms with Crippen LogP contribution in [0.25, 0.3) is 0 Å². The van der Waals surface area contributed by atoms with Gasteiger partial charge in [0.15, 0.2) is 0 Å². The molecule has 0 radical (unpaired) electrons. The summed E-state index contributed by atoms with van der Waals surface area (Å²) in [6.07, 6.45) is 0. The largest absolute Gasteiger partial charge is 0.497 e. The van der Waals surface area contributed by atoms with Gasteiger partial charge in [0.1, 0.15) is 12.4 Å². The van der Waals surface area contributed by atoms with Gasteiger partial charge in [-0.05, 0) is 35.9 Å². The number of thioether (sulfide) groups is 1. The highest BCUT2D eigenvalue weighted by Gasteiger charge is 2.17. The average molecular weight is 329 g/mol. The lowest BCUT2D eigenvalue weighted by atomic mass is 10.2. The Kier molecular flexibility index (Phi) is 4.52. The first-order chi connectivity index (χ1) is 11.2. The number of anilines is 1. The van der Waals surface area contributed by atoms with Crippen LogP contribution in [0.15, 0.2) is 47.4 Å². The van der Waals surface area contributed by atoms with Crippen LogP contribution in [0, 0.1) is 0 Å². The molecule has 1 N–H and O–H groups in total. The van der Waals surface area contributed by atoms with Crippen LogP contribution in [-0.4, -0.2) is 24.7 Å². The highest BCUT2D eigenvalue weighted by molar-refractivity contribution is 8.00. The summed E-state index contributed by atoms with van der Waals surface area (Å²) in [6.45, 7) is 0.161. The number of methoxy groups -OCH3 is 1. The molecule has 6 heteroatoms. The number of hydrogen-bond donors (Lipinski definition) is 1. The fourth-order valence-electron chi connectivity index (χ4n) is 2.20. The molecule has 0 atom stereocenters.